The van der Waals surface area contributed by atoms with Gasteiger partial charge < -0.3 is 14.8 Å². The van der Waals surface area contributed by atoms with Crippen LogP contribution in [0.3, 0.4) is 0 Å². The second-order valence-electron chi connectivity index (χ2n) is 6.23. The normalized spacial score (nSPS) is 10.8. The maximum absolute atomic E-state index is 12.7. The minimum absolute atomic E-state index is 0.0216. The topological polar surface area (TPSA) is 47.6 Å². The largest absolute Gasteiger partial charge is 0.493 e. The first-order valence-electron chi connectivity index (χ1n) is 9.21. The van der Waals surface area contributed by atoms with Crippen molar-refractivity contribution in [2.75, 3.05) is 13.7 Å². The van der Waals surface area contributed by atoms with E-state index < -0.39 is 6.61 Å². The number of amides is 1. The maximum atomic E-state index is 12.7. The second kappa shape index (κ2) is 11.0. The number of thiophene rings is 1. The van der Waals surface area contributed by atoms with Crippen molar-refractivity contribution in [1.82, 2.24) is 5.32 Å². The number of nitrogens with one attached hydrogen (secondary N) is 1. The Labute approximate surface area is 182 Å². The van der Waals surface area contributed by atoms with E-state index in [0.29, 0.717) is 18.5 Å². The van der Waals surface area contributed by atoms with E-state index in [4.69, 9.17) is 4.74 Å². The fourth-order valence-corrected chi connectivity index (χ4v) is 4.63. The van der Waals surface area contributed by atoms with Crippen molar-refractivity contribution in [3.05, 3.63) is 76.0 Å². The van der Waals surface area contributed by atoms with E-state index in [1.54, 1.807) is 41.3 Å². The summed E-state index contributed by atoms with van der Waals surface area (Å²) in [4.78, 5) is 14.8. The number of hydrogen-bond donors (Lipinski definition) is 1. The third kappa shape index (κ3) is 6.21. The van der Waals surface area contributed by atoms with Gasteiger partial charge in [-0.25, -0.2) is 0 Å². The Morgan fingerprint density at radius 3 is 2.70 bits per heavy atom. The van der Waals surface area contributed by atoms with Gasteiger partial charge in [-0.05, 0) is 47.7 Å². The molecule has 1 heterocycles. The molecule has 0 fully saturated rings. The Morgan fingerprint density at radius 1 is 1.13 bits per heavy atom. The van der Waals surface area contributed by atoms with Crippen LogP contribution in [-0.4, -0.2) is 26.2 Å². The van der Waals surface area contributed by atoms with Gasteiger partial charge >= 0.3 is 6.61 Å². The van der Waals surface area contributed by atoms with Gasteiger partial charge in [0.25, 0.3) is 5.91 Å². The molecule has 1 N–H and O–H groups in total. The molecule has 0 saturated carbocycles. The average molecular weight is 450 g/mol. The number of carbonyl (C=O) groups excluding carboxylic acids is 1. The van der Waals surface area contributed by atoms with E-state index >= 15 is 0 Å². The number of methoxy groups -OCH3 is 1. The van der Waals surface area contributed by atoms with Crippen LogP contribution in [0.25, 0.3) is 0 Å². The van der Waals surface area contributed by atoms with Crippen molar-refractivity contribution in [3.63, 3.8) is 0 Å². The van der Waals surface area contributed by atoms with Crippen molar-refractivity contribution < 1.29 is 23.0 Å². The van der Waals surface area contributed by atoms with Gasteiger partial charge in [0.15, 0.2) is 11.5 Å². The zero-order chi connectivity index (χ0) is 21.3. The molecule has 0 aliphatic carbocycles. The molecule has 3 aromatic rings. The molecule has 30 heavy (non-hydrogen) atoms. The highest BCUT2D eigenvalue weighted by Crippen LogP contribution is 2.30. The molecule has 0 unspecified atom stereocenters. The predicted molar refractivity (Wildman–Crippen MR) is 116 cm³/mol. The molecule has 0 saturated heterocycles. The molecule has 0 aliphatic heterocycles. The Morgan fingerprint density at radius 2 is 1.97 bits per heavy atom. The molecule has 0 radical (unpaired) electrons. The molecule has 0 bridgehead atoms. The SMILES string of the molecule is COc1ccc(CCNC(=O)c2ccccc2SCc2cccs2)cc1OC(F)F. The molecule has 3 rings (SSSR count). The lowest BCUT2D eigenvalue weighted by atomic mass is 10.1. The standard InChI is InChI=1S/C22H21F2NO3S2/c1-27-18-9-8-15(13-19(18)28-22(23)24)10-11-25-21(26)17-6-2-3-7-20(17)30-14-16-5-4-12-29-16/h2-9,12-13,22H,10-11,14H2,1H3,(H,25,26). The van der Waals surface area contributed by atoms with E-state index in [0.717, 1.165) is 16.2 Å². The minimum atomic E-state index is -2.93. The highest BCUT2D eigenvalue weighted by atomic mass is 32.2. The van der Waals surface area contributed by atoms with E-state index in [-0.39, 0.29) is 17.4 Å². The molecular formula is C22H21F2NO3S2. The van der Waals surface area contributed by atoms with Crippen LogP contribution < -0.4 is 14.8 Å². The number of thioether (sulfide) groups is 1. The summed E-state index contributed by atoms with van der Waals surface area (Å²) in [5.74, 6) is 0.856. The van der Waals surface area contributed by atoms with E-state index in [9.17, 15) is 13.6 Å². The predicted octanol–water partition coefficient (Wildman–Crippen LogP) is 5.62. The summed E-state index contributed by atoms with van der Waals surface area (Å²) < 4.78 is 34.7. The van der Waals surface area contributed by atoms with Crippen LogP contribution >= 0.6 is 23.1 Å². The lowest BCUT2D eigenvalue weighted by Crippen LogP contribution is -2.26. The summed E-state index contributed by atoms with van der Waals surface area (Å²) in [6, 6.07) is 16.4. The molecular weight excluding hydrogens is 428 g/mol. The Balaban J connectivity index is 1.58. The first kappa shape index (κ1) is 22.1. The molecule has 1 amide bonds. The summed E-state index contributed by atoms with van der Waals surface area (Å²) in [6.07, 6.45) is 0.472. The summed E-state index contributed by atoms with van der Waals surface area (Å²) >= 11 is 3.31. The van der Waals surface area contributed by atoms with Gasteiger partial charge in [-0.1, -0.05) is 24.3 Å². The van der Waals surface area contributed by atoms with Gasteiger partial charge in [0.2, 0.25) is 0 Å². The van der Waals surface area contributed by atoms with Crippen LogP contribution in [0.5, 0.6) is 11.5 Å². The maximum Gasteiger partial charge on any atom is 0.387 e. The molecule has 0 spiro atoms. The quantitative estimate of drug-likeness (QED) is 0.408. The number of ether oxygens (including phenoxy) is 2. The zero-order valence-corrected chi connectivity index (χ0v) is 17.9. The van der Waals surface area contributed by atoms with Gasteiger partial charge in [0.1, 0.15) is 0 Å². The summed E-state index contributed by atoms with van der Waals surface area (Å²) in [6.45, 7) is -2.57. The number of benzene rings is 2. The molecule has 158 valence electrons. The average Bonchev–Trinajstić information content (AvgIpc) is 3.26. The Bertz CT molecular complexity index is 965. The first-order chi connectivity index (χ1) is 14.6. The Hall–Kier alpha value is -2.58. The molecule has 8 heteroatoms. The zero-order valence-electron chi connectivity index (χ0n) is 16.3. The number of hydrogen-bond acceptors (Lipinski definition) is 5. The fraction of sp³-hybridized carbons (Fsp3) is 0.227. The monoisotopic (exact) mass is 449 g/mol. The van der Waals surface area contributed by atoms with Gasteiger partial charge in [0.05, 0.1) is 12.7 Å². The summed E-state index contributed by atoms with van der Waals surface area (Å²) in [5, 5.41) is 4.93. The molecule has 0 atom stereocenters. The number of rotatable bonds is 10. The molecule has 1 aromatic heterocycles. The number of carbonyl (C=O) groups is 1. The first-order valence-corrected chi connectivity index (χ1v) is 11.1. The Kier molecular flexibility index (Phi) is 8.10. The van der Waals surface area contributed by atoms with Crippen LogP contribution in [0.2, 0.25) is 0 Å². The smallest absolute Gasteiger partial charge is 0.387 e. The third-order valence-electron chi connectivity index (χ3n) is 4.23. The van der Waals surface area contributed by atoms with Crippen molar-refractivity contribution in [1.29, 1.82) is 0 Å². The number of halogens is 2. The summed E-state index contributed by atoms with van der Waals surface area (Å²) in [5.41, 5.74) is 1.38. The van der Waals surface area contributed by atoms with E-state index in [1.165, 1.54) is 18.1 Å². The fourth-order valence-electron chi connectivity index (χ4n) is 2.80. The molecule has 2 aromatic carbocycles. The van der Waals surface area contributed by atoms with E-state index in [2.05, 4.69) is 16.1 Å². The van der Waals surface area contributed by atoms with Gasteiger partial charge in [0, 0.05) is 22.1 Å². The second-order valence-corrected chi connectivity index (χ2v) is 8.28. The van der Waals surface area contributed by atoms with Crippen molar-refractivity contribution >= 4 is 29.0 Å². The molecule has 0 aliphatic rings. The van der Waals surface area contributed by atoms with E-state index in [1.807, 2.05) is 29.6 Å². The lowest BCUT2D eigenvalue weighted by molar-refractivity contribution is -0.0512. The van der Waals surface area contributed by atoms with Gasteiger partial charge in [-0.15, -0.1) is 23.1 Å². The van der Waals surface area contributed by atoms with Crippen LogP contribution in [0.15, 0.2) is 64.9 Å². The van der Waals surface area contributed by atoms with Crippen LogP contribution in [-0.2, 0) is 12.2 Å². The summed E-state index contributed by atoms with van der Waals surface area (Å²) in [7, 11) is 1.39. The van der Waals surface area contributed by atoms with Crippen LogP contribution in [0.4, 0.5) is 8.78 Å². The van der Waals surface area contributed by atoms with Gasteiger partial charge in [-0.3, -0.25) is 4.79 Å². The van der Waals surface area contributed by atoms with Crippen molar-refractivity contribution in [3.8, 4) is 11.5 Å². The van der Waals surface area contributed by atoms with Crippen LogP contribution in [0.1, 0.15) is 20.8 Å². The van der Waals surface area contributed by atoms with Gasteiger partial charge in [-0.2, -0.15) is 8.78 Å². The van der Waals surface area contributed by atoms with Crippen molar-refractivity contribution in [2.24, 2.45) is 0 Å². The highest BCUT2D eigenvalue weighted by molar-refractivity contribution is 7.98. The number of alkyl halides is 2. The molecule has 4 nitrogen and oxygen atoms in total. The highest BCUT2D eigenvalue weighted by Gasteiger charge is 2.13. The van der Waals surface area contributed by atoms with Crippen LogP contribution in [0, 0.1) is 0 Å². The van der Waals surface area contributed by atoms with Crippen molar-refractivity contribution in [2.45, 2.75) is 23.7 Å². The lowest BCUT2D eigenvalue weighted by Gasteiger charge is -2.12. The minimum Gasteiger partial charge on any atom is -0.493 e. The third-order valence-corrected chi connectivity index (χ3v) is 6.41.